The van der Waals surface area contributed by atoms with E-state index in [-0.39, 0.29) is 28.6 Å². The minimum Gasteiger partial charge on any atom is -0.467 e. The fourth-order valence-corrected chi connectivity index (χ4v) is 3.57. The van der Waals surface area contributed by atoms with Gasteiger partial charge in [-0.1, -0.05) is 12.1 Å². The van der Waals surface area contributed by atoms with E-state index in [9.17, 15) is 17.6 Å². The third kappa shape index (κ3) is 4.35. The molecule has 2 aromatic carbocycles. The second-order valence-electron chi connectivity index (χ2n) is 5.85. The molecule has 1 N–H and O–H groups in total. The Morgan fingerprint density at radius 3 is 2.44 bits per heavy atom. The Morgan fingerprint density at radius 2 is 1.78 bits per heavy atom. The van der Waals surface area contributed by atoms with Gasteiger partial charge in [0.1, 0.15) is 11.6 Å². The summed E-state index contributed by atoms with van der Waals surface area (Å²) < 4.78 is 45.8. The number of amides is 1. The number of sulfonamides is 1. The maximum Gasteiger partial charge on any atom is 0.261 e. The van der Waals surface area contributed by atoms with Gasteiger partial charge in [-0.25, -0.2) is 12.8 Å². The lowest BCUT2D eigenvalue weighted by molar-refractivity contribution is 0.0776. The summed E-state index contributed by atoms with van der Waals surface area (Å²) in [5.41, 5.74) is 0.329. The first-order valence-electron chi connectivity index (χ1n) is 8.02. The van der Waals surface area contributed by atoms with Crippen LogP contribution in [-0.2, 0) is 16.6 Å². The summed E-state index contributed by atoms with van der Waals surface area (Å²) in [6, 6.07) is 14.2. The molecule has 0 atom stereocenters. The van der Waals surface area contributed by atoms with Gasteiger partial charge in [-0.3, -0.25) is 9.52 Å². The predicted octanol–water partition coefficient (Wildman–Crippen LogP) is 3.49. The number of hydrogen-bond acceptors (Lipinski definition) is 4. The van der Waals surface area contributed by atoms with Crippen molar-refractivity contribution in [1.29, 1.82) is 0 Å². The first kappa shape index (κ1) is 18.7. The van der Waals surface area contributed by atoms with Gasteiger partial charge in [0, 0.05) is 7.05 Å². The van der Waals surface area contributed by atoms with Crippen LogP contribution >= 0.6 is 0 Å². The van der Waals surface area contributed by atoms with Gasteiger partial charge in [-0.05, 0) is 48.5 Å². The highest BCUT2D eigenvalue weighted by Gasteiger charge is 2.21. The van der Waals surface area contributed by atoms with Gasteiger partial charge in [-0.2, -0.15) is 0 Å². The highest BCUT2D eigenvalue weighted by Crippen LogP contribution is 2.22. The Morgan fingerprint density at radius 1 is 1.07 bits per heavy atom. The topological polar surface area (TPSA) is 79.6 Å². The van der Waals surface area contributed by atoms with Crippen molar-refractivity contribution in [3.63, 3.8) is 0 Å². The Kier molecular flexibility index (Phi) is 5.27. The van der Waals surface area contributed by atoms with E-state index in [0.29, 0.717) is 5.76 Å². The van der Waals surface area contributed by atoms with Crippen LogP contribution in [0.1, 0.15) is 16.1 Å². The van der Waals surface area contributed by atoms with Crippen molar-refractivity contribution in [3.8, 4) is 0 Å². The molecule has 0 saturated carbocycles. The molecule has 27 heavy (non-hydrogen) atoms. The highest BCUT2D eigenvalue weighted by molar-refractivity contribution is 7.92. The molecular formula is C19H17FN2O4S. The minimum absolute atomic E-state index is 0.102. The maximum atomic E-state index is 13.0. The number of nitrogens with one attached hydrogen (secondary N) is 1. The Balaban J connectivity index is 1.85. The van der Waals surface area contributed by atoms with Crippen LogP contribution in [0.3, 0.4) is 0 Å². The fraction of sp³-hybridized carbons (Fsp3) is 0.105. The number of rotatable bonds is 6. The van der Waals surface area contributed by atoms with Crippen molar-refractivity contribution in [2.24, 2.45) is 0 Å². The number of carbonyl (C=O) groups excluding carboxylic acids is 1. The zero-order chi connectivity index (χ0) is 19.4. The van der Waals surface area contributed by atoms with E-state index in [2.05, 4.69) is 4.72 Å². The van der Waals surface area contributed by atoms with Crippen LogP contribution in [0.25, 0.3) is 0 Å². The minimum atomic E-state index is -3.97. The van der Waals surface area contributed by atoms with Crippen LogP contribution < -0.4 is 4.72 Å². The molecule has 0 aliphatic heterocycles. The average Bonchev–Trinajstić information content (AvgIpc) is 3.14. The van der Waals surface area contributed by atoms with Crippen molar-refractivity contribution >= 4 is 21.6 Å². The highest BCUT2D eigenvalue weighted by atomic mass is 32.2. The third-order valence-corrected chi connectivity index (χ3v) is 5.23. The van der Waals surface area contributed by atoms with E-state index in [4.69, 9.17) is 4.42 Å². The van der Waals surface area contributed by atoms with E-state index in [1.165, 1.54) is 23.3 Å². The molecule has 6 nitrogen and oxygen atoms in total. The molecule has 0 radical (unpaired) electrons. The Bertz CT molecular complexity index is 1030. The molecule has 0 unspecified atom stereocenters. The average molecular weight is 388 g/mol. The number of hydrogen-bond donors (Lipinski definition) is 1. The van der Waals surface area contributed by atoms with Crippen LogP contribution in [-0.4, -0.2) is 26.3 Å². The normalized spacial score (nSPS) is 11.2. The lowest BCUT2D eigenvalue weighted by atomic mass is 10.1. The van der Waals surface area contributed by atoms with Gasteiger partial charge in [0.25, 0.3) is 15.9 Å². The SMILES string of the molecule is CN(Cc1ccco1)C(=O)c1ccccc1NS(=O)(=O)c1ccc(F)cc1. The van der Waals surface area contributed by atoms with Crippen molar-refractivity contribution < 1.29 is 22.0 Å². The zero-order valence-electron chi connectivity index (χ0n) is 14.4. The number of carbonyl (C=O) groups is 1. The number of nitrogens with zero attached hydrogens (tertiary/aromatic N) is 1. The summed E-state index contributed by atoms with van der Waals surface area (Å²) in [7, 11) is -2.37. The summed E-state index contributed by atoms with van der Waals surface area (Å²) in [5.74, 6) is -0.303. The van der Waals surface area contributed by atoms with Crippen LogP contribution in [0.5, 0.6) is 0 Å². The van der Waals surface area contributed by atoms with E-state index in [1.54, 1.807) is 31.3 Å². The molecule has 3 rings (SSSR count). The summed E-state index contributed by atoms with van der Waals surface area (Å²) >= 11 is 0. The van der Waals surface area contributed by atoms with Gasteiger partial charge in [-0.15, -0.1) is 0 Å². The van der Waals surface area contributed by atoms with Gasteiger partial charge in [0.15, 0.2) is 0 Å². The maximum absolute atomic E-state index is 13.0. The summed E-state index contributed by atoms with van der Waals surface area (Å²) in [6.07, 6.45) is 1.51. The third-order valence-electron chi connectivity index (χ3n) is 3.85. The molecule has 1 amide bonds. The molecule has 3 aromatic rings. The second kappa shape index (κ2) is 7.63. The van der Waals surface area contributed by atoms with E-state index >= 15 is 0 Å². The van der Waals surface area contributed by atoms with Crippen molar-refractivity contribution in [3.05, 3.63) is 84.1 Å². The summed E-state index contributed by atoms with van der Waals surface area (Å²) in [5, 5.41) is 0. The lowest BCUT2D eigenvalue weighted by Gasteiger charge is -2.18. The second-order valence-corrected chi connectivity index (χ2v) is 7.53. The molecule has 1 heterocycles. The van der Waals surface area contributed by atoms with Gasteiger partial charge in [0.05, 0.1) is 29.0 Å². The number of anilines is 1. The molecule has 0 saturated heterocycles. The van der Waals surface area contributed by atoms with Gasteiger partial charge in [0.2, 0.25) is 0 Å². The van der Waals surface area contributed by atoms with Crippen molar-refractivity contribution in [2.45, 2.75) is 11.4 Å². The van der Waals surface area contributed by atoms with E-state index in [1.807, 2.05) is 0 Å². The molecular weight excluding hydrogens is 371 g/mol. The molecule has 0 aliphatic carbocycles. The summed E-state index contributed by atoms with van der Waals surface area (Å²) in [6.45, 7) is 0.241. The number of benzene rings is 2. The Hall–Kier alpha value is -3.13. The Labute approximate surface area is 156 Å². The summed E-state index contributed by atoms with van der Waals surface area (Å²) in [4.78, 5) is 14.1. The molecule has 0 aliphatic rings. The van der Waals surface area contributed by atoms with Crippen LogP contribution in [0.4, 0.5) is 10.1 Å². The lowest BCUT2D eigenvalue weighted by Crippen LogP contribution is -2.27. The van der Waals surface area contributed by atoms with Gasteiger partial charge < -0.3 is 9.32 Å². The number of para-hydroxylation sites is 1. The van der Waals surface area contributed by atoms with Crippen LogP contribution in [0, 0.1) is 5.82 Å². The van der Waals surface area contributed by atoms with E-state index < -0.39 is 15.8 Å². The molecule has 0 fully saturated rings. The molecule has 140 valence electrons. The zero-order valence-corrected chi connectivity index (χ0v) is 15.2. The molecule has 0 bridgehead atoms. The molecule has 8 heteroatoms. The number of halogens is 1. The number of furan rings is 1. The predicted molar refractivity (Wildman–Crippen MR) is 98.2 cm³/mol. The van der Waals surface area contributed by atoms with E-state index in [0.717, 1.165) is 24.3 Å². The quantitative estimate of drug-likeness (QED) is 0.701. The first-order valence-corrected chi connectivity index (χ1v) is 9.50. The molecule has 1 aromatic heterocycles. The first-order chi connectivity index (χ1) is 12.9. The van der Waals surface area contributed by atoms with Gasteiger partial charge >= 0.3 is 0 Å². The largest absolute Gasteiger partial charge is 0.467 e. The smallest absolute Gasteiger partial charge is 0.261 e. The van der Waals surface area contributed by atoms with Crippen LogP contribution in [0.2, 0.25) is 0 Å². The van der Waals surface area contributed by atoms with Crippen LogP contribution in [0.15, 0.2) is 76.2 Å². The fourth-order valence-electron chi connectivity index (χ4n) is 2.49. The molecule has 0 spiro atoms. The van der Waals surface area contributed by atoms with Crippen molar-refractivity contribution in [2.75, 3.05) is 11.8 Å². The van der Waals surface area contributed by atoms with Crippen molar-refractivity contribution in [1.82, 2.24) is 4.90 Å². The monoisotopic (exact) mass is 388 g/mol. The standard InChI is InChI=1S/C19H17FN2O4S/c1-22(13-15-5-4-12-26-15)19(23)17-6-2-3-7-18(17)21-27(24,25)16-10-8-14(20)9-11-16/h2-12,21H,13H2,1H3.